The van der Waals surface area contributed by atoms with Crippen molar-refractivity contribution in [2.24, 2.45) is 0 Å². The number of aromatic nitrogens is 5. The Balaban J connectivity index is 0.950. The number of nitriles is 1. The molecule has 0 saturated heterocycles. The highest BCUT2D eigenvalue weighted by atomic mass is 15.0. The number of nitrogens with zero attached hydrogens (tertiary/aromatic N) is 6. The number of rotatable bonds is 9. The second-order valence-electron chi connectivity index (χ2n) is 27.2. The third-order valence-electron chi connectivity index (χ3n) is 20.4. The molecule has 98 heavy (non-hydrogen) atoms. The third kappa shape index (κ3) is 9.18. The molecule has 0 N–H and O–H groups in total. The molecular weight excluding hydrogens is 1190 g/mol. The summed E-state index contributed by atoms with van der Waals surface area (Å²) in [5.74, 6) is 0. The molecule has 5 aromatic heterocycles. The van der Waals surface area contributed by atoms with Gasteiger partial charge in [-0.15, -0.1) is 0 Å². The van der Waals surface area contributed by atoms with Crippen LogP contribution < -0.4 is 0 Å². The lowest BCUT2D eigenvalue weighted by atomic mass is 9.75. The second-order valence-corrected chi connectivity index (χ2v) is 27.2. The van der Waals surface area contributed by atoms with E-state index < -0.39 is 0 Å². The van der Waals surface area contributed by atoms with E-state index in [1.54, 1.807) is 0 Å². The second kappa shape index (κ2) is 22.4. The zero-order chi connectivity index (χ0) is 66.4. The molecule has 18 aromatic rings. The number of fused-ring (bicyclic) bond motifs is 12. The van der Waals surface area contributed by atoms with E-state index in [9.17, 15) is 5.26 Å². The number of hydrogen-bond donors (Lipinski definition) is 0. The Kier molecular flexibility index (Phi) is 13.3. The molecule has 6 nitrogen and oxygen atoms in total. The number of aryl methyl sites for hydroxylation is 8. The maximum Gasteiger partial charge on any atom is 0.100 e. The largest absolute Gasteiger partial charge is 0.309 e. The Hall–Kier alpha value is -12.3. The molecule has 0 bridgehead atoms. The molecule has 0 aliphatic rings. The summed E-state index contributed by atoms with van der Waals surface area (Å²) in [6.07, 6.45) is 0. The molecule has 0 amide bonds. The molecule has 6 heteroatoms. The summed E-state index contributed by atoms with van der Waals surface area (Å²) in [5, 5.41) is 22.4. The van der Waals surface area contributed by atoms with Crippen LogP contribution in [0.1, 0.15) is 50.3 Å². The van der Waals surface area contributed by atoms with Gasteiger partial charge in [-0.2, -0.15) is 5.26 Å². The van der Waals surface area contributed by atoms with Crippen molar-refractivity contribution in [1.82, 2.24) is 23.3 Å². The van der Waals surface area contributed by atoms with Gasteiger partial charge in [0, 0.05) is 88.4 Å². The molecule has 466 valence electrons. The summed E-state index contributed by atoms with van der Waals surface area (Å²) in [5.41, 5.74) is 32.5. The van der Waals surface area contributed by atoms with Gasteiger partial charge in [-0.05, 0) is 245 Å². The highest BCUT2D eigenvalue weighted by molar-refractivity contribution is 6.15. The summed E-state index contributed by atoms with van der Waals surface area (Å²) in [6.45, 7) is 17.2. The van der Waals surface area contributed by atoms with Gasteiger partial charge in [-0.25, -0.2) is 0 Å². The lowest BCUT2D eigenvalue weighted by Gasteiger charge is -2.27. The summed E-state index contributed by atoms with van der Waals surface area (Å²) >= 11 is 0. The average molecular weight is 1260 g/mol. The van der Waals surface area contributed by atoms with E-state index in [1.165, 1.54) is 76.5 Å². The summed E-state index contributed by atoms with van der Waals surface area (Å²) in [7, 11) is 0. The van der Waals surface area contributed by atoms with Crippen LogP contribution >= 0.6 is 0 Å². The minimum atomic E-state index is 0.579. The maximum absolute atomic E-state index is 12.6. The summed E-state index contributed by atoms with van der Waals surface area (Å²) in [6, 6.07) is 102. The Morgan fingerprint density at radius 2 is 0.469 bits per heavy atom. The predicted octanol–water partition coefficient (Wildman–Crippen LogP) is 24.1. The minimum Gasteiger partial charge on any atom is -0.309 e. The predicted molar refractivity (Wildman–Crippen MR) is 411 cm³/mol. The van der Waals surface area contributed by atoms with Crippen molar-refractivity contribution in [2.75, 3.05) is 0 Å². The van der Waals surface area contributed by atoms with Crippen molar-refractivity contribution >= 4 is 87.2 Å². The highest BCUT2D eigenvalue weighted by Gasteiger charge is 2.30. The molecule has 0 aliphatic carbocycles. The number of hydrogen-bond acceptors (Lipinski definition) is 2. The van der Waals surface area contributed by atoms with Crippen LogP contribution in [-0.2, 0) is 0 Å². The third-order valence-corrected chi connectivity index (χ3v) is 20.4. The van der Waals surface area contributed by atoms with Gasteiger partial charge in [0.1, 0.15) is 6.07 Å². The Bertz CT molecular complexity index is 6160. The summed E-state index contributed by atoms with van der Waals surface area (Å²) < 4.78 is 9.59. The zero-order valence-corrected chi connectivity index (χ0v) is 56.1. The number of para-hydroxylation sites is 2. The van der Waals surface area contributed by atoms with E-state index in [1.807, 2.05) is 0 Å². The van der Waals surface area contributed by atoms with Crippen LogP contribution in [0.5, 0.6) is 0 Å². The van der Waals surface area contributed by atoms with Crippen molar-refractivity contribution < 1.29 is 0 Å². The Morgan fingerprint density at radius 3 is 0.745 bits per heavy atom. The van der Waals surface area contributed by atoms with Gasteiger partial charge in [0.25, 0.3) is 0 Å². The van der Waals surface area contributed by atoms with Gasteiger partial charge in [0.05, 0.1) is 49.7 Å². The van der Waals surface area contributed by atoms with Crippen molar-refractivity contribution in [3.8, 4) is 84.5 Å². The van der Waals surface area contributed by atoms with Crippen LogP contribution in [0.2, 0.25) is 0 Å². The smallest absolute Gasteiger partial charge is 0.100 e. The quantitative estimate of drug-likeness (QED) is 0.145. The first-order valence-electron chi connectivity index (χ1n) is 33.9. The van der Waals surface area contributed by atoms with Crippen LogP contribution in [0, 0.1) is 66.7 Å². The first-order valence-corrected chi connectivity index (χ1v) is 33.9. The van der Waals surface area contributed by atoms with Gasteiger partial charge in [-0.1, -0.05) is 155 Å². The molecular formula is C92H68N6. The topological polar surface area (TPSA) is 56.4 Å². The SMILES string of the molecule is Cc1ccc2c(c1)c1cc(C)ccc1n2-c1ccc(-c2c(-c3ccc(-n4c5ccccc5c5ccccc54)cc3)c(C#N)c(-c3cc(C)nc(C)c3)c(-c3ccc(-n4c5ccc(C)cc5c5cc(C)ccc54)cc3)c2-c2ccc(-n3c4ccc(C)cc4c4cc(C)ccc43)cc2)cc1. The average Bonchev–Trinajstić information content (AvgIpc) is 0.811. The molecule has 0 radical (unpaired) electrons. The monoisotopic (exact) mass is 1260 g/mol. The van der Waals surface area contributed by atoms with Gasteiger partial charge in [0.2, 0.25) is 0 Å². The molecule has 0 unspecified atom stereocenters. The van der Waals surface area contributed by atoms with E-state index in [0.29, 0.717) is 5.56 Å². The molecule has 18 rings (SSSR count). The standard InChI is InChI=1S/C92H68N6/c1-54-17-39-82-73(45-54)74-46-55(2)18-40-83(74)96(82)68-33-25-63(26-34-68)90-88(62-23-31-67(32-24-62)95-80-15-11-9-13-71(80)72-14-10-12-16-81(72)95)79(53-93)89(66-51-60(7)94-61(8)52-66)91(64-27-35-69(36-28-64)97-84-41-19-56(3)47-75(84)76-48-57(4)20-42-85(76)97)92(90)65-29-37-70(38-30-65)98-86-43-21-58(5)49-77(86)78-50-59(6)22-44-87(78)98/h9-52H,1-8H3. The van der Waals surface area contributed by atoms with Crippen LogP contribution in [0.4, 0.5) is 0 Å². The molecule has 0 atom stereocenters. The lowest BCUT2D eigenvalue weighted by molar-refractivity contribution is 1.12. The Labute approximate surface area is 569 Å². The lowest BCUT2D eigenvalue weighted by Crippen LogP contribution is -2.04. The van der Waals surface area contributed by atoms with Crippen molar-refractivity contribution in [3.63, 3.8) is 0 Å². The minimum absolute atomic E-state index is 0.579. The van der Waals surface area contributed by atoms with E-state index in [0.717, 1.165) is 134 Å². The van der Waals surface area contributed by atoms with Crippen LogP contribution in [0.25, 0.3) is 166 Å². The first kappa shape index (κ1) is 58.3. The highest BCUT2D eigenvalue weighted by Crippen LogP contribution is 2.54. The van der Waals surface area contributed by atoms with E-state index in [4.69, 9.17) is 4.98 Å². The fraction of sp³-hybridized carbons (Fsp3) is 0.0870. The zero-order valence-electron chi connectivity index (χ0n) is 56.1. The van der Waals surface area contributed by atoms with Crippen LogP contribution in [-0.4, -0.2) is 23.3 Å². The van der Waals surface area contributed by atoms with Crippen molar-refractivity contribution in [1.29, 1.82) is 5.26 Å². The van der Waals surface area contributed by atoms with Crippen LogP contribution in [0.3, 0.4) is 0 Å². The fourth-order valence-electron chi connectivity index (χ4n) is 16.2. The van der Waals surface area contributed by atoms with E-state index in [-0.39, 0.29) is 0 Å². The molecule has 0 saturated carbocycles. The first-order chi connectivity index (χ1) is 47.8. The molecule has 0 spiro atoms. The van der Waals surface area contributed by atoms with Gasteiger partial charge >= 0.3 is 0 Å². The van der Waals surface area contributed by atoms with E-state index in [2.05, 4.69) is 347 Å². The van der Waals surface area contributed by atoms with Gasteiger partial charge in [-0.3, -0.25) is 4.98 Å². The van der Waals surface area contributed by atoms with Crippen molar-refractivity contribution in [2.45, 2.75) is 55.4 Å². The molecule has 0 aliphatic heterocycles. The van der Waals surface area contributed by atoms with Crippen molar-refractivity contribution in [3.05, 3.63) is 317 Å². The number of pyridine rings is 1. The van der Waals surface area contributed by atoms with Gasteiger partial charge < -0.3 is 18.3 Å². The molecule has 0 fully saturated rings. The summed E-state index contributed by atoms with van der Waals surface area (Å²) in [4.78, 5) is 4.99. The fourth-order valence-corrected chi connectivity index (χ4v) is 16.2. The van der Waals surface area contributed by atoms with Gasteiger partial charge in [0.15, 0.2) is 0 Å². The number of benzene rings is 13. The molecule has 13 aromatic carbocycles. The maximum atomic E-state index is 12.6. The normalized spacial score (nSPS) is 11.9. The van der Waals surface area contributed by atoms with E-state index >= 15 is 0 Å². The molecule has 5 heterocycles. The Morgan fingerprint density at radius 1 is 0.235 bits per heavy atom. The van der Waals surface area contributed by atoms with Crippen LogP contribution in [0.15, 0.2) is 267 Å².